The van der Waals surface area contributed by atoms with Crippen molar-refractivity contribution in [3.8, 4) is 0 Å². The molecule has 0 spiro atoms. The van der Waals surface area contributed by atoms with Gasteiger partial charge in [0.15, 0.2) is 0 Å². The van der Waals surface area contributed by atoms with E-state index in [2.05, 4.69) is 6.92 Å². The lowest BCUT2D eigenvalue weighted by Crippen LogP contribution is -2.26. The monoisotopic (exact) mass is 325 g/mol. The Hall–Kier alpha value is -2.62. The van der Waals surface area contributed by atoms with E-state index in [4.69, 9.17) is 4.74 Å². The summed E-state index contributed by atoms with van der Waals surface area (Å²) in [5.74, 6) is -0.416. The minimum Gasteiger partial charge on any atom is -0.462 e. The molecule has 0 saturated heterocycles. The Balaban J connectivity index is 1.98. The Bertz CT molecular complexity index is 665. The average Bonchev–Trinajstić information content (AvgIpc) is 2.64. The number of rotatable bonds is 7. The van der Waals surface area contributed by atoms with Gasteiger partial charge in [0.1, 0.15) is 0 Å². The minimum atomic E-state index is -0.324. The Labute approximate surface area is 143 Å². The highest BCUT2D eigenvalue weighted by Gasteiger charge is 2.14. The first-order valence-corrected chi connectivity index (χ1v) is 8.23. The minimum absolute atomic E-state index is 0.0921. The van der Waals surface area contributed by atoms with Gasteiger partial charge in [0.25, 0.3) is 5.91 Å². The summed E-state index contributed by atoms with van der Waals surface area (Å²) < 4.78 is 5.23. The zero-order valence-corrected chi connectivity index (χ0v) is 14.2. The number of unbranched alkanes of at least 4 members (excludes halogenated alkanes) is 2. The van der Waals surface area contributed by atoms with E-state index in [0.717, 1.165) is 24.9 Å². The number of ether oxygens (including phenoxy) is 1. The Morgan fingerprint density at radius 2 is 1.58 bits per heavy atom. The maximum atomic E-state index is 12.4. The quantitative estimate of drug-likeness (QED) is 0.563. The second-order valence-corrected chi connectivity index (χ2v) is 5.62. The van der Waals surface area contributed by atoms with Crippen LogP contribution in [-0.2, 0) is 4.74 Å². The first-order chi connectivity index (χ1) is 11.6. The van der Waals surface area contributed by atoms with Crippen LogP contribution in [-0.4, -0.2) is 25.5 Å². The lowest BCUT2D eigenvalue weighted by Gasteiger charge is -2.17. The zero-order valence-electron chi connectivity index (χ0n) is 14.2. The zero-order chi connectivity index (χ0) is 17.4. The number of anilines is 1. The van der Waals surface area contributed by atoms with Crippen LogP contribution in [0.25, 0.3) is 0 Å². The molecule has 126 valence electrons. The summed E-state index contributed by atoms with van der Waals surface area (Å²) >= 11 is 0. The van der Waals surface area contributed by atoms with Crippen LogP contribution in [0.4, 0.5) is 5.69 Å². The van der Waals surface area contributed by atoms with Crippen molar-refractivity contribution < 1.29 is 14.3 Å². The summed E-state index contributed by atoms with van der Waals surface area (Å²) in [6, 6.07) is 16.0. The van der Waals surface area contributed by atoms with E-state index in [-0.39, 0.29) is 11.9 Å². The van der Waals surface area contributed by atoms with Gasteiger partial charge in [-0.3, -0.25) is 4.79 Å². The molecule has 0 fully saturated rings. The van der Waals surface area contributed by atoms with Gasteiger partial charge < -0.3 is 9.64 Å². The molecule has 24 heavy (non-hydrogen) atoms. The SMILES string of the molecule is CCCCCOC(=O)c1ccc(N(C)C(=O)c2ccccc2)cc1. The summed E-state index contributed by atoms with van der Waals surface area (Å²) in [7, 11) is 1.72. The third kappa shape index (κ3) is 4.69. The van der Waals surface area contributed by atoms with E-state index >= 15 is 0 Å². The predicted octanol–water partition coefficient (Wildman–Crippen LogP) is 4.31. The van der Waals surface area contributed by atoms with Crippen molar-refractivity contribution in [1.82, 2.24) is 0 Å². The lowest BCUT2D eigenvalue weighted by molar-refractivity contribution is 0.0498. The molecule has 0 bridgehead atoms. The number of carbonyl (C=O) groups is 2. The number of esters is 1. The molecule has 0 saturated carbocycles. The van der Waals surface area contributed by atoms with Crippen LogP contribution in [0.3, 0.4) is 0 Å². The molecule has 1 amide bonds. The Kier molecular flexibility index (Phi) is 6.55. The molecule has 0 heterocycles. The van der Waals surface area contributed by atoms with Crippen molar-refractivity contribution in [2.45, 2.75) is 26.2 Å². The van der Waals surface area contributed by atoms with Crippen LogP contribution in [0.1, 0.15) is 46.9 Å². The molecule has 0 radical (unpaired) electrons. The lowest BCUT2D eigenvalue weighted by atomic mass is 10.1. The molecular formula is C20H23NO3. The van der Waals surface area contributed by atoms with Crippen molar-refractivity contribution in [2.75, 3.05) is 18.6 Å². The maximum absolute atomic E-state index is 12.4. The van der Waals surface area contributed by atoms with Crippen LogP contribution in [0.5, 0.6) is 0 Å². The molecule has 2 rings (SSSR count). The Morgan fingerprint density at radius 1 is 0.917 bits per heavy atom. The number of benzene rings is 2. The first kappa shape index (κ1) is 17.7. The molecular weight excluding hydrogens is 302 g/mol. The molecule has 0 aromatic heterocycles. The topological polar surface area (TPSA) is 46.6 Å². The molecule has 0 unspecified atom stereocenters. The van der Waals surface area contributed by atoms with Gasteiger partial charge in [0.2, 0.25) is 0 Å². The summed E-state index contributed by atoms with van der Waals surface area (Å²) in [4.78, 5) is 25.9. The highest BCUT2D eigenvalue weighted by Crippen LogP contribution is 2.17. The van der Waals surface area contributed by atoms with Crippen molar-refractivity contribution in [2.24, 2.45) is 0 Å². The van der Waals surface area contributed by atoms with Gasteiger partial charge in [-0.15, -0.1) is 0 Å². The average molecular weight is 325 g/mol. The molecule has 0 N–H and O–H groups in total. The fraction of sp³-hybridized carbons (Fsp3) is 0.300. The molecule has 0 aliphatic heterocycles. The number of hydrogen-bond donors (Lipinski definition) is 0. The second kappa shape index (κ2) is 8.87. The highest BCUT2D eigenvalue weighted by molar-refractivity contribution is 6.05. The van der Waals surface area contributed by atoms with E-state index in [1.165, 1.54) is 0 Å². The van der Waals surface area contributed by atoms with Gasteiger partial charge in [-0.1, -0.05) is 38.0 Å². The number of hydrogen-bond acceptors (Lipinski definition) is 3. The smallest absolute Gasteiger partial charge is 0.338 e. The van der Waals surface area contributed by atoms with Gasteiger partial charge in [-0.05, 0) is 42.8 Å². The fourth-order valence-electron chi connectivity index (χ4n) is 2.31. The van der Waals surface area contributed by atoms with Crippen LogP contribution in [0.2, 0.25) is 0 Å². The molecule has 4 heteroatoms. The summed E-state index contributed by atoms with van der Waals surface area (Å²) in [6.07, 6.45) is 3.03. The largest absolute Gasteiger partial charge is 0.462 e. The number of carbonyl (C=O) groups excluding carboxylic acids is 2. The normalized spacial score (nSPS) is 10.2. The van der Waals surface area contributed by atoms with Crippen molar-refractivity contribution in [3.63, 3.8) is 0 Å². The van der Waals surface area contributed by atoms with Crippen molar-refractivity contribution >= 4 is 17.6 Å². The van der Waals surface area contributed by atoms with Crippen LogP contribution < -0.4 is 4.90 Å². The van der Waals surface area contributed by atoms with E-state index < -0.39 is 0 Å². The molecule has 4 nitrogen and oxygen atoms in total. The van der Waals surface area contributed by atoms with Gasteiger partial charge in [-0.2, -0.15) is 0 Å². The molecule has 0 aliphatic rings. The van der Waals surface area contributed by atoms with E-state index in [1.54, 1.807) is 48.3 Å². The molecule has 0 atom stereocenters. The third-order valence-electron chi connectivity index (χ3n) is 3.80. The summed E-state index contributed by atoms with van der Waals surface area (Å²) in [5.41, 5.74) is 1.85. The first-order valence-electron chi connectivity index (χ1n) is 8.23. The Morgan fingerprint density at radius 3 is 2.21 bits per heavy atom. The van der Waals surface area contributed by atoms with Gasteiger partial charge in [-0.25, -0.2) is 4.79 Å². The third-order valence-corrected chi connectivity index (χ3v) is 3.80. The van der Waals surface area contributed by atoms with Crippen molar-refractivity contribution in [3.05, 3.63) is 65.7 Å². The maximum Gasteiger partial charge on any atom is 0.338 e. The van der Waals surface area contributed by atoms with Crippen molar-refractivity contribution in [1.29, 1.82) is 0 Å². The number of amides is 1. The second-order valence-electron chi connectivity index (χ2n) is 5.62. The van der Waals surface area contributed by atoms with Gasteiger partial charge in [0, 0.05) is 18.3 Å². The highest BCUT2D eigenvalue weighted by atomic mass is 16.5. The van der Waals surface area contributed by atoms with Gasteiger partial charge in [0.05, 0.1) is 12.2 Å². The van der Waals surface area contributed by atoms with Crippen LogP contribution in [0.15, 0.2) is 54.6 Å². The van der Waals surface area contributed by atoms with Crippen LogP contribution >= 0.6 is 0 Å². The van der Waals surface area contributed by atoms with E-state index in [1.807, 2.05) is 18.2 Å². The molecule has 0 aliphatic carbocycles. The molecule has 2 aromatic carbocycles. The van der Waals surface area contributed by atoms with E-state index in [0.29, 0.717) is 17.7 Å². The number of nitrogens with zero attached hydrogens (tertiary/aromatic N) is 1. The van der Waals surface area contributed by atoms with Crippen LogP contribution in [0, 0.1) is 0 Å². The molecule has 2 aromatic rings. The van der Waals surface area contributed by atoms with Gasteiger partial charge >= 0.3 is 5.97 Å². The van der Waals surface area contributed by atoms with E-state index in [9.17, 15) is 9.59 Å². The standard InChI is InChI=1S/C20H23NO3/c1-3-4-8-15-24-20(23)17-11-13-18(14-12-17)21(2)19(22)16-9-6-5-7-10-16/h5-7,9-14H,3-4,8,15H2,1-2H3. The summed E-state index contributed by atoms with van der Waals surface area (Å²) in [6.45, 7) is 2.55. The fourth-order valence-corrected chi connectivity index (χ4v) is 2.31. The summed E-state index contributed by atoms with van der Waals surface area (Å²) in [5, 5.41) is 0. The predicted molar refractivity (Wildman–Crippen MR) is 95.4 cm³/mol.